The van der Waals surface area contributed by atoms with Crippen LogP contribution in [-0.4, -0.2) is 46.4 Å². The first-order valence-corrected chi connectivity index (χ1v) is 9.58. The van der Waals surface area contributed by atoms with Crippen molar-refractivity contribution in [3.63, 3.8) is 0 Å². The van der Waals surface area contributed by atoms with Crippen LogP contribution in [0.3, 0.4) is 0 Å². The summed E-state index contributed by atoms with van der Waals surface area (Å²) in [5.41, 5.74) is 0.302. The van der Waals surface area contributed by atoms with E-state index >= 15 is 0 Å². The van der Waals surface area contributed by atoms with Gasteiger partial charge in [0.2, 0.25) is 10.0 Å². The predicted octanol–water partition coefficient (Wildman–Crippen LogP) is 2.31. The Kier molecular flexibility index (Phi) is 6.84. The van der Waals surface area contributed by atoms with E-state index in [1.54, 1.807) is 6.07 Å². The van der Waals surface area contributed by atoms with Crippen molar-refractivity contribution in [3.8, 4) is 0 Å². The second-order valence-corrected chi connectivity index (χ2v) is 7.78. The van der Waals surface area contributed by atoms with Crippen molar-refractivity contribution in [1.29, 1.82) is 0 Å². The molecule has 26 heavy (non-hydrogen) atoms. The van der Waals surface area contributed by atoms with Crippen molar-refractivity contribution in [2.45, 2.75) is 11.3 Å². The van der Waals surface area contributed by atoms with Gasteiger partial charge in [0, 0.05) is 12.1 Å². The van der Waals surface area contributed by atoms with Crippen LogP contribution in [0.15, 0.2) is 53.4 Å². The quantitative estimate of drug-likeness (QED) is 0.690. The summed E-state index contributed by atoms with van der Waals surface area (Å²) in [6.45, 7) is 1.10. The molecule has 2 aromatic rings. The molecule has 2 N–H and O–H groups in total. The molecule has 0 bridgehead atoms. The number of amides is 1. The van der Waals surface area contributed by atoms with Crippen LogP contribution in [0.25, 0.3) is 0 Å². The monoisotopic (exact) mass is 379 g/mol. The number of hydrogen-bond donors (Lipinski definition) is 2. The molecule has 140 valence electrons. The Labute approximate surface area is 153 Å². The molecule has 0 aliphatic carbocycles. The third-order valence-electron chi connectivity index (χ3n) is 3.62. The van der Waals surface area contributed by atoms with Crippen molar-refractivity contribution >= 4 is 21.6 Å². The SMILES string of the molecule is CN(C)CCCNS(=O)(=O)c1ccc(C(=O)Nc2ccccc2F)cc1. The molecule has 8 heteroatoms. The Balaban J connectivity index is 2.00. The highest BCUT2D eigenvalue weighted by Gasteiger charge is 2.15. The van der Waals surface area contributed by atoms with E-state index in [1.807, 2.05) is 19.0 Å². The van der Waals surface area contributed by atoms with Gasteiger partial charge in [0.05, 0.1) is 10.6 Å². The maximum atomic E-state index is 13.6. The average Bonchev–Trinajstić information content (AvgIpc) is 2.61. The van der Waals surface area contributed by atoms with Crippen LogP contribution in [0.4, 0.5) is 10.1 Å². The maximum absolute atomic E-state index is 13.6. The van der Waals surface area contributed by atoms with Crippen LogP contribution in [0.1, 0.15) is 16.8 Å². The second-order valence-electron chi connectivity index (χ2n) is 6.01. The first-order valence-electron chi connectivity index (χ1n) is 8.10. The van der Waals surface area contributed by atoms with Gasteiger partial charge in [0.1, 0.15) is 5.82 Å². The summed E-state index contributed by atoms with van der Waals surface area (Å²) in [6.07, 6.45) is 0.690. The van der Waals surface area contributed by atoms with Gasteiger partial charge in [0.25, 0.3) is 5.91 Å². The van der Waals surface area contributed by atoms with Crippen LogP contribution in [-0.2, 0) is 10.0 Å². The number of nitrogens with one attached hydrogen (secondary N) is 2. The lowest BCUT2D eigenvalue weighted by Gasteiger charge is -2.11. The third-order valence-corrected chi connectivity index (χ3v) is 5.10. The van der Waals surface area contributed by atoms with E-state index in [9.17, 15) is 17.6 Å². The largest absolute Gasteiger partial charge is 0.319 e. The highest BCUT2D eigenvalue weighted by molar-refractivity contribution is 7.89. The second kappa shape index (κ2) is 8.88. The fourth-order valence-corrected chi connectivity index (χ4v) is 3.30. The van der Waals surface area contributed by atoms with Gasteiger partial charge in [-0.05, 0) is 63.5 Å². The van der Waals surface area contributed by atoms with Gasteiger partial charge in [-0.25, -0.2) is 17.5 Å². The molecule has 0 fully saturated rings. The number of hydrogen-bond acceptors (Lipinski definition) is 4. The molecule has 0 heterocycles. The summed E-state index contributed by atoms with van der Waals surface area (Å²) in [4.78, 5) is 14.2. The first kappa shape index (κ1) is 20.0. The van der Waals surface area contributed by atoms with Crippen molar-refractivity contribution < 1.29 is 17.6 Å². The van der Waals surface area contributed by atoms with Crippen LogP contribution < -0.4 is 10.0 Å². The summed E-state index contributed by atoms with van der Waals surface area (Å²) in [6, 6.07) is 11.3. The van der Waals surface area contributed by atoms with Gasteiger partial charge < -0.3 is 10.2 Å². The van der Waals surface area contributed by atoms with Gasteiger partial charge in [-0.1, -0.05) is 12.1 Å². The minimum atomic E-state index is -3.63. The predicted molar refractivity (Wildman–Crippen MR) is 99.2 cm³/mol. The standard InChI is InChI=1S/C18H22FN3O3S/c1-22(2)13-5-12-20-26(24,25)15-10-8-14(9-11-15)18(23)21-17-7-4-3-6-16(17)19/h3-4,6-11,20H,5,12-13H2,1-2H3,(H,21,23). The zero-order valence-electron chi connectivity index (χ0n) is 14.7. The molecule has 0 atom stereocenters. The van der Waals surface area contributed by atoms with E-state index in [1.165, 1.54) is 42.5 Å². The Morgan fingerprint density at radius 1 is 1.08 bits per heavy atom. The van der Waals surface area contributed by atoms with Gasteiger partial charge in [-0.3, -0.25) is 4.79 Å². The van der Waals surface area contributed by atoms with Crippen molar-refractivity contribution in [1.82, 2.24) is 9.62 Å². The van der Waals surface area contributed by atoms with E-state index < -0.39 is 21.7 Å². The number of carbonyl (C=O) groups excluding carboxylic acids is 1. The van der Waals surface area contributed by atoms with Gasteiger partial charge in [-0.15, -0.1) is 0 Å². The number of halogens is 1. The maximum Gasteiger partial charge on any atom is 0.255 e. The van der Waals surface area contributed by atoms with Gasteiger partial charge in [0.15, 0.2) is 0 Å². The lowest BCUT2D eigenvalue weighted by molar-refractivity contribution is 0.102. The normalized spacial score (nSPS) is 11.5. The number of anilines is 1. The Morgan fingerprint density at radius 3 is 2.35 bits per heavy atom. The number of para-hydroxylation sites is 1. The van der Waals surface area contributed by atoms with Crippen LogP contribution in [0.2, 0.25) is 0 Å². The van der Waals surface area contributed by atoms with Gasteiger partial charge >= 0.3 is 0 Å². The minimum Gasteiger partial charge on any atom is -0.319 e. The van der Waals surface area contributed by atoms with E-state index in [-0.39, 0.29) is 16.1 Å². The molecular weight excluding hydrogens is 357 g/mol. The molecule has 0 aromatic heterocycles. The van der Waals surface area contributed by atoms with Gasteiger partial charge in [-0.2, -0.15) is 0 Å². The summed E-state index contributed by atoms with van der Waals surface area (Å²) < 4.78 is 40.5. The third kappa shape index (κ3) is 5.62. The summed E-state index contributed by atoms with van der Waals surface area (Å²) in [5, 5.41) is 2.45. The van der Waals surface area contributed by atoms with Crippen molar-refractivity contribution in [2.24, 2.45) is 0 Å². The highest BCUT2D eigenvalue weighted by atomic mass is 32.2. The smallest absolute Gasteiger partial charge is 0.255 e. The Morgan fingerprint density at radius 2 is 1.73 bits per heavy atom. The topological polar surface area (TPSA) is 78.5 Å². The molecule has 0 spiro atoms. The molecule has 2 rings (SSSR count). The van der Waals surface area contributed by atoms with Crippen molar-refractivity contribution in [3.05, 3.63) is 59.9 Å². The average molecular weight is 379 g/mol. The van der Waals surface area contributed by atoms with E-state index in [0.29, 0.717) is 13.0 Å². The summed E-state index contributed by atoms with van der Waals surface area (Å²) in [7, 11) is 0.206. The van der Waals surface area contributed by atoms with E-state index in [4.69, 9.17) is 0 Å². The molecule has 6 nitrogen and oxygen atoms in total. The number of rotatable bonds is 8. The highest BCUT2D eigenvalue weighted by Crippen LogP contribution is 2.15. The fourth-order valence-electron chi connectivity index (χ4n) is 2.23. The van der Waals surface area contributed by atoms with Crippen LogP contribution >= 0.6 is 0 Å². The lowest BCUT2D eigenvalue weighted by Crippen LogP contribution is -2.27. The molecule has 0 saturated heterocycles. The van der Waals surface area contributed by atoms with Crippen molar-refractivity contribution in [2.75, 3.05) is 32.5 Å². The van der Waals surface area contributed by atoms with E-state index in [0.717, 1.165) is 6.54 Å². The number of carbonyl (C=O) groups is 1. The minimum absolute atomic E-state index is 0.0664. The Bertz CT molecular complexity index is 852. The molecule has 0 aliphatic rings. The zero-order valence-corrected chi connectivity index (χ0v) is 15.5. The summed E-state index contributed by atoms with van der Waals surface area (Å²) >= 11 is 0. The fraction of sp³-hybridized carbons (Fsp3) is 0.278. The Hall–Kier alpha value is -2.29. The van der Waals surface area contributed by atoms with Crippen LogP contribution in [0, 0.1) is 5.82 Å². The summed E-state index contributed by atoms with van der Waals surface area (Å²) in [5.74, 6) is -1.06. The molecular formula is C18H22FN3O3S. The lowest BCUT2D eigenvalue weighted by atomic mass is 10.2. The molecule has 1 amide bonds. The molecule has 0 unspecified atom stereocenters. The number of sulfonamides is 1. The molecule has 2 aromatic carbocycles. The zero-order chi connectivity index (χ0) is 19.2. The van der Waals surface area contributed by atoms with Crippen LogP contribution in [0.5, 0.6) is 0 Å². The number of benzene rings is 2. The molecule has 0 radical (unpaired) electrons. The molecule has 0 aliphatic heterocycles. The number of nitrogens with zero attached hydrogens (tertiary/aromatic N) is 1. The first-order chi connectivity index (χ1) is 12.3. The van der Waals surface area contributed by atoms with E-state index in [2.05, 4.69) is 10.0 Å². The molecule has 0 saturated carbocycles.